The lowest BCUT2D eigenvalue weighted by Gasteiger charge is -2.20. The molecule has 0 heterocycles. The first-order valence-electron chi connectivity index (χ1n) is 25.3. The van der Waals surface area contributed by atoms with Gasteiger partial charge in [-0.25, -0.2) is 0 Å². The Morgan fingerprint density at radius 1 is 0.466 bits per heavy atom. The highest BCUT2D eigenvalue weighted by molar-refractivity contribution is 5.76. The van der Waals surface area contributed by atoms with Crippen LogP contribution in [0.4, 0.5) is 0 Å². The molecule has 0 radical (unpaired) electrons. The molecular formula is C52H97NO5. The molecule has 0 fully saturated rings. The zero-order valence-corrected chi connectivity index (χ0v) is 38.5. The van der Waals surface area contributed by atoms with Crippen molar-refractivity contribution in [3.63, 3.8) is 0 Å². The average Bonchev–Trinajstić information content (AvgIpc) is 3.22. The van der Waals surface area contributed by atoms with E-state index < -0.39 is 12.1 Å². The summed E-state index contributed by atoms with van der Waals surface area (Å²) in [5.41, 5.74) is 0. The average molecular weight is 816 g/mol. The van der Waals surface area contributed by atoms with Gasteiger partial charge in [0.05, 0.1) is 25.4 Å². The predicted molar refractivity (Wildman–Crippen MR) is 250 cm³/mol. The Labute approximate surface area is 360 Å². The number of esters is 1. The zero-order chi connectivity index (χ0) is 42.3. The van der Waals surface area contributed by atoms with Gasteiger partial charge in [-0.15, -0.1) is 0 Å². The standard InChI is InChI=1S/C52H97NO5/c1-3-5-7-9-11-13-15-17-19-20-24-28-32-36-40-44-50(55)49(48-54)53-51(56)45-41-37-33-29-25-22-23-27-31-35-39-43-47-58-52(57)46-42-38-34-30-26-21-18-16-14-12-10-8-6-4-2/h16,18,23,27,40,44,49-50,54-55H,3-15,17,19-22,24-26,28-39,41-43,45-48H2,1-2H3,(H,53,56)/b18-16-,27-23-,44-40+. The summed E-state index contributed by atoms with van der Waals surface area (Å²) in [6.45, 7) is 4.82. The van der Waals surface area contributed by atoms with E-state index in [0.29, 0.717) is 19.4 Å². The number of nitrogens with one attached hydrogen (secondary N) is 1. The first-order valence-corrected chi connectivity index (χ1v) is 25.3. The molecule has 0 saturated heterocycles. The minimum absolute atomic E-state index is 0.0336. The van der Waals surface area contributed by atoms with Gasteiger partial charge in [0, 0.05) is 12.8 Å². The van der Waals surface area contributed by atoms with Gasteiger partial charge in [0.25, 0.3) is 0 Å². The number of allylic oxidation sites excluding steroid dienone is 5. The quantitative estimate of drug-likeness (QED) is 0.0323. The van der Waals surface area contributed by atoms with Crippen LogP contribution in [0.2, 0.25) is 0 Å². The Morgan fingerprint density at radius 3 is 1.22 bits per heavy atom. The SMILES string of the molecule is CCCCCCC/C=C\CCCCCCCC(=O)OCCCCC/C=C\CCCCCCCC(=O)NC(CO)C(O)/C=C/CCCCCCCCCCCCCCC. The summed E-state index contributed by atoms with van der Waals surface area (Å²) in [7, 11) is 0. The van der Waals surface area contributed by atoms with Crippen LogP contribution < -0.4 is 5.32 Å². The molecule has 340 valence electrons. The molecule has 6 nitrogen and oxygen atoms in total. The van der Waals surface area contributed by atoms with Gasteiger partial charge in [-0.1, -0.05) is 192 Å². The van der Waals surface area contributed by atoms with Gasteiger partial charge in [0.1, 0.15) is 0 Å². The second-order valence-corrected chi connectivity index (χ2v) is 17.1. The number of hydrogen-bond acceptors (Lipinski definition) is 5. The maximum absolute atomic E-state index is 12.4. The Morgan fingerprint density at radius 2 is 0.810 bits per heavy atom. The molecule has 0 aliphatic heterocycles. The van der Waals surface area contributed by atoms with Crippen LogP contribution >= 0.6 is 0 Å². The highest BCUT2D eigenvalue weighted by Crippen LogP contribution is 2.15. The predicted octanol–water partition coefficient (Wildman–Crippen LogP) is 14.9. The maximum Gasteiger partial charge on any atom is 0.305 e. The molecule has 2 atom stereocenters. The van der Waals surface area contributed by atoms with Crippen LogP contribution in [0.25, 0.3) is 0 Å². The number of aliphatic hydroxyl groups is 2. The summed E-state index contributed by atoms with van der Waals surface area (Å²) in [6.07, 6.45) is 57.1. The van der Waals surface area contributed by atoms with Gasteiger partial charge in [-0.05, 0) is 89.9 Å². The highest BCUT2D eigenvalue weighted by atomic mass is 16.5. The van der Waals surface area contributed by atoms with Crippen LogP contribution in [0.15, 0.2) is 36.5 Å². The Bertz CT molecular complexity index is 946. The van der Waals surface area contributed by atoms with E-state index in [0.717, 1.165) is 83.5 Å². The van der Waals surface area contributed by atoms with E-state index >= 15 is 0 Å². The van der Waals surface area contributed by atoms with Crippen LogP contribution in [0.3, 0.4) is 0 Å². The van der Waals surface area contributed by atoms with E-state index in [1.165, 1.54) is 148 Å². The third-order valence-corrected chi connectivity index (χ3v) is 11.4. The van der Waals surface area contributed by atoms with Crippen molar-refractivity contribution in [2.45, 2.75) is 270 Å². The second-order valence-electron chi connectivity index (χ2n) is 17.1. The molecule has 0 bridgehead atoms. The molecule has 0 saturated carbocycles. The molecule has 58 heavy (non-hydrogen) atoms. The minimum Gasteiger partial charge on any atom is -0.466 e. The van der Waals surface area contributed by atoms with Crippen LogP contribution in [-0.2, 0) is 14.3 Å². The molecule has 0 aromatic heterocycles. The molecular weight excluding hydrogens is 719 g/mol. The smallest absolute Gasteiger partial charge is 0.305 e. The molecule has 1 amide bonds. The normalized spacial score (nSPS) is 13.0. The lowest BCUT2D eigenvalue weighted by atomic mass is 10.0. The second kappa shape index (κ2) is 47.8. The summed E-state index contributed by atoms with van der Waals surface area (Å²) in [6, 6.07) is -0.646. The monoisotopic (exact) mass is 816 g/mol. The molecule has 0 spiro atoms. The van der Waals surface area contributed by atoms with Crippen LogP contribution in [-0.4, -0.2) is 47.4 Å². The molecule has 0 rings (SSSR count). The van der Waals surface area contributed by atoms with E-state index in [4.69, 9.17) is 4.74 Å². The molecule has 0 aromatic carbocycles. The third kappa shape index (κ3) is 43.7. The van der Waals surface area contributed by atoms with Crippen molar-refractivity contribution in [2.75, 3.05) is 13.2 Å². The van der Waals surface area contributed by atoms with Gasteiger partial charge >= 0.3 is 5.97 Å². The third-order valence-electron chi connectivity index (χ3n) is 11.4. The van der Waals surface area contributed by atoms with Crippen LogP contribution in [0.5, 0.6) is 0 Å². The molecule has 3 N–H and O–H groups in total. The van der Waals surface area contributed by atoms with Gasteiger partial charge in [0.2, 0.25) is 5.91 Å². The van der Waals surface area contributed by atoms with Gasteiger partial charge < -0.3 is 20.3 Å². The van der Waals surface area contributed by atoms with E-state index in [9.17, 15) is 19.8 Å². The molecule has 2 unspecified atom stereocenters. The van der Waals surface area contributed by atoms with Crippen molar-refractivity contribution in [2.24, 2.45) is 0 Å². The van der Waals surface area contributed by atoms with Crippen LogP contribution in [0, 0.1) is 0 Å². The fourth-order valence-electron chi connectivity index (χ4n) is 7.44. The fraction of sp³-hybridized carbons (Fsp3) is 0.846. The molecule has 0 aliphatic rings. The van der Waals surface area contributed by atoms with Crippen molar-refractivity contribution in [1.29, 1.82) is 0 Å². The van der Waals surface area contributed by atoms with Crippen molar-refractivity contribution < 1.29 is 24.5 Å². The van der Waals surface area contributed by atoms with E-state index in [2.05, 4.69) is 43.5 Å². The van der Waals surface area contributed by atoms with Crippen LogP contribution in [0.1, 0.15) is 258 Å². The van der Waals surface area contributed by atoms with E-state index in [1.54, 1.807) is 6.08 Å². The summed E-state index contributed by atoms with van der Waals surface area (Å²) >= 11 is 0. The summed E-state index contributed by atoms with van der Waals surface area (Å²) in [5.74, 6) is -0.128. The fourth-order valence-corrected chi connectivity index (χ4v) is 7.44. The number of aliphatic hydroxyl groups excluding tert-OH is 2. The van der Waals surface area contributed by atoms with E-state index in [-0.39, 0.29) is 18.5 Å². The topological polar surface area (TPSA) is 95.9 Å². The number of ether oxygens (including phenoxy) is 1. The number of unbranched alkanes of at least 4 members (excludes halogenated alkanes) is 31. The lowest BCUT2D eigenvalue weighted by molar-refractivity contribution is -0.143. The molecule has 6 heteroatoms. The number of carbonyl (C=O) groups excluding carboxylic acids is 2. The largest absolute Gasteiger partial charge is 0.466 e. The summed E-state index contributed by atoms with van der Waals surface area (Å²) in [4.78, 5) is 24.4. The Kier molecular flexibility index (Phi) is 46.2. The maximum atomic E-state index is 12.4. The number of carbonyl (C=O) groups is 2. The molecule has 0 aliphatic carbocycles. The number of amides is 1. The van der Waals surface area contributed by atoms with Crippen molar-refractivity contribution in [1.82, 2.24) is 5.32 Å². The summed E-state index contributed by atoms with van der Waals surface area (Å²) < 4.78 is 5.43. The minimum atomic E-state index is -0.860. The van der Waals surface area contributed by atoms with Gasteiger partial charge in [-0.3, -0.25) is 9.59 Å². The van der Waals surface area contributed by atoms with Crippen molar-refractivity contribution in [3.05, 3.63) is 36.5 Å². The first-order chi connectivity index (χ1) is 28.5. The first kappa shape index (κ1) is 56.1. The number of rotatable bonds is 46. The lowest BCUT2D eigenvalue weighted by Crippen LogP contribution is -2.45. The van der Waals surface area contributed by atoms with E-state index in [1.807, 2.05) is 6.08 Å². The zero-order valence-electron chi connectivity index (χ0n) is 38.5. The Balaban J connectivity index is 3.56. The van der Waals surface area contributed by atoms with Gasteiger partial charge in [-0.2, -0.15) is 0 Å². The Hall–Kier alpha value is -1.92. The van der Waals surface area contributed by atoms with Gasteiger partial charge in [0.15, 0.2) is 0 Å². The molecule has 0 aromatic rings. The van der Waals surface area contributed by atoms with Crippen molar-refractivity contribution >= 4 is 11.9 Å². The summed E-state index contributed by atoms with van der Waals surface area (Å²) in [5, 5.41) is 23.0. The number of hydrogen-bond donors (Lipinski definition) is 3. The van der Waals surface area contributed by atoms with Crippen molar-refractivity contribution in [3.8, 4) is 0 Å². The highest BCUT2D eigenvalue weighted by Gasteiger charge is 2.18.